The van der Waals surface area contributed by atoms with Gasteiger partial charge in [-0.3, -0.25) is 14.4 Å². The van der Waals surface area contributed by atoms with Gasteiger partial charge < -0.3 is 20.9 Å². The molecule has 0 bridgehead atoms. The third-order valence-corrected chi connectivity index (χ3v) is 6.19. The molecule has 1 saturated heterocycles. The Kier molecular flexibility index (Phi) is 7.70. The number of hydrogen-bond donors (Lipinski definition) is 3. The molecule has 1 fully saturated rings. The first-order chi connectivity index (χ1) is 14.8. The lowest BCUT2D eigenvalue weighted by atomic mass is 9.87. The maximum atomic E-state index is 13.4. The fraction of sp³-hybridized carbons (Fsp3) is 0.583. The summed E-state index contributed by atoms with van der Waals surface area (Å²) in [6.45, 7) is 8.73. The number of amides is 3. The lowest BCUT2D eigenvalue weighted by Gasteiger charge is -2.39. The first kappa shape index (κ1) is 23.3. The molecule has 1 unspecified atom stereocenters. The van der Waals surface area contributed by atoms with Crippen molar-refractivity contribution in [3.8, 4) is 0 Å². The predicted molar refractivity (Wildman–Crippen MR) is 120 cm³/mol. The maximum Gasteiger partial charge on any atom is 0.246 e. The van der Waals surface area contributed by atoms with Gasteiger partial charge >= 0.3 is 0 Å². The smallest absolute Gasteiger partial charge is 0.246 e. The second-order valence-electron chi connectivity index (χ2n) is 9.10. The van der Waals surface area contributed by atoms with Crippen LogP contribution in [-0.4, -0.2) is 54.3 Å². The molecular weight excluding hydrogens is 392 g/mol. The molecule has 3 rings (SSSR count). The zero-order valence-electron chi connectivity index (χ0n) is 19.0. The Bertz CT molecular complexity index is 808. The summed E-state index contributed by atoms with van der Waals surface area (Å²) in [5.74, 6) is -0.0600. The van der Waals surface area contributed by atoms with Gasteiger partial charge in [-0.25, -0.2) is 0 Å². The molecule has 3 amide bonds. The molecule has 31 heavy (non-hydrogen) atoms. The average Bonchev–Trinajstić information content (AvgIpc) is 2.76. The van der Waals surface area contributed by atoms with E-state index in [-0.39, 0.29) is 29.7 Å². The van der Waals surface area contributed by atoms with E-state index in [0.29, 0.717) is 25.6 Å². The molecule has 7 nitrogen and oxygen atoms in total. The van der Waals surface area contributed by atoms with Crippen LogP contribution in [0.3, 0.4) is 0 Å². The van der Waals surface area contributed by atoms with Gasteiger partial charge in [0.25, 0.3) is 0 Å². The van der Waals surface area contributed by atoms with Crippen molar-refractivity contribution in [3.05, 3.63) is 41.3 Å². The molecule has 1 aromatic rings. The van der Waals surface area contributed by atoms with E-state index in [4.69, 9.17) is 0 Å². The third-order valence-electron chi connectivity index (χ3n) is 6.19. The highest BCUT2D eigenvalue weighted by Gasteiger charge is 2.38. The van der Waals surface area contributed by atoms with E-state index in [0.717, 1.165) is 19.3 Å². The maximum absolute atomic E-state index is 13.4. The Morgan fingerprint density at radius 1 is 1.16 bits per heavy atom. The first-order valence-electron chi connectivity index (χ1n) is 11.3. The molecule has 1 aliphatic carbocycles. The number of fused-ring (bicyclic) bond motifs is 1. The summed E-state index contributed by atoms with van der Waals surface area (Å²) in [6.07, 6.45) is 2.96. The number of benzene rings is 1. The Labute approximate surface area is 185 Å². The van der Waals surface area contributed by atoms with Crippen LogP contribution in [0.1, 0.15) is 57.7 Å². The van der Waals surface area contributed by atoms with Gasteiger partial charge in [-0.15, -0.1) is 0 Å². The minimum atomic E-state index is -0.661. The molecule has 169 valence electrons. The summed E-state index contributed by atoms with van der Waals surface area (Å²) in [4.78, 5) is 40.5. The van der Waals surface area contributed by atoms with Crippen LogP contribution in [0.2, 0.25) is 0 Å². The van der Waals surface area contributed by atoms with Gasteiger partial charge in [0.2, 0.25) is 17.7 Å². The van der Waals surface area contributed by atoms with E-state index in [9.17, 15) is 14.4 Å². The third kappa shape index (κ3) is 5.45. The average molecular weight is 428 g/mol. The van der Waals surface area contributed by atoms with Gasteiger partial charge in [-0.1, -0.05) is 52.0 Å². The van der Waals surface area contributed by atoms with Crippen molar-refractivity contribution < 1.29 is 14.4 Å². The Hall–Kier alpha value is -2.41. The molecule has 1 radical (unpaired) electrons. The van der Waals surface area contributed by atoms with Gasteiger partial charge in [0.1, 0.15) is 12.1 Å². The van der Waals surface area contributed by atoms with Crippen LogP contribution >= 0.6 is 0 Å². The van der Waals surface area contributed by atoms with Gasteiger partial charge in [-0.2, -0.15) is 0 Å². The molecule has 2 aliphatic rings. The van der Waals surface area contributed by atoms with Crippen LogP contribution in [0.5, 0.6) is 0 Å². The van der Waals surface area contributed by atoms with Crippen LogP contribution in [-0.2, 0) is 20.8 Å². The van der Waals surface area contributed by atoms with Crippen molar-refractivity contribution in [1.29, 1.82) is 0 Å². The molecule has 3 atom stereocenters. The van der Waals surface area contributed by atoms with Gasteiger partial charge in [0.05, 0.1) is 12.0 Å². The summed E-state index contributed by atoms with van der Waals surface area (Å²) >= 11 is 0. The minimum absolute atomic E-state index is 0.0331. The lowest BCUT2D eigenvalue weighted by Crippen LogP contribution is -2.64. The highest BCUT2D eigenvalue weighted by Crippen LogP contribution is 2.29. The number of nitrogens with zero attached hydrogens (tertiary/aromatic N) is 1. The highest BCUT2D eigenvalue weighted by molar-refractivity contribution is 5.95. The van der Waals surface area contributed by atoms with E-state index in [1.54, 1.807) is 18.7 Å². The van der Waals surface area contributed by atoms with Crippen molar-refractivity contribution in [1.82, 2.24) is 20.9 Å². The lowest BCUT2D eigenvalue weighted by molar-refractivity contribution is -0.145. The number of carbonyl (C=O) groups is 3. The van der Waals surface area contributed by atoms with Crippen molar-refractivity contribution in [3.63, 3.8) is 0 Å². The topological polar surface area (TPSA) is 90.5 Å². The summed E-state index contributed by atoms with van der Waals surface area (Å²) in [6, 6.07) is 6.94. The molecule has 1 aliphatic heterocycles. The van der Waals surface area contributed by atoms with E-state index >= 15 is 0 Å². The molecular formula is C24H35N4O3. The molecule has 1 heterocycles. The Morgan fingerprint density at radius 2 is 1.90 bits per heavy atom. The van der Waals surface area contributed by atoms with Crippen LogP contribution in [0.15, 0.2) is 24.3 Å². The van der Waals surface area contributed by atoms with Gasteiger partial charge in [-0.05, 0) is 36.3 Å². The zero-order chi connectivity index (χ0) is 22.5. The molecule has 1 aromatic carbocycles. The van der Waals surface area contributed by atoms with Crippen molar-refractivity contribution in [2.75, 3.05) is 19.6 Å². The van der Waals surface area contributed by atoms with Crippen LogP contribution in [0.25, 0.3) is 0 Å². The number of hydrogen-bond acceptors (Lipinski definition) is 4. The standard InChI is InChI=1S/C24H35N4O3/c1-15(2)21(27-22(29)16(3)4)24(31)28-13-12-25-14-20(28)23(30)26-19-11-7-9-17-8-5-6-10-18(17)19/h5-6,8,10,15,19-21,25H,7,9,11-14H2,1-4H3,(H,26,30)(H,27,29)/t19?,20-,21-/m0/s1. The van der Waals surface area contributed by atoms with Crippen LogP contribution in [0, 0.1) is 11.8 Å². The molecule has 3 N–H and O–H groups in total. The Balaban J connectivity index is 1.74. The predicted octanol–water partition coefficient (Wildman–Crippen LogP) is 1.74. The summed E-state index contributed by atoms with van der Waals surface area (Å²) < 4.78 is 0. The van der Waals surface area contributed by atoms with E-state index < -0.39 is 12.1 Å². The monoisotopic (exact) mass is 427 g/mol. The van der Waals surface area contributed by atoms with Crippen LogP contribution in [0.4, 0.5) is 0 Å². The number of rotatable bonds is 6. The molecule has 0 aromatic heterocycles. The molecule has 0 spiro atoms. The van der Waals surface area contributed by atoms with Crippen LogP contribution < -0.4 is 16.0 Å². The number of aryl methyl sites for hydroxylation is 1. The first-order valence-corrected chi connectivity index (χ1v) is 11.3. The van der Waals surface area contributed by atoms with Crippen molar-refractivity contribution in [2.24, 2.45) is 5.92 Å². The number of piperazine rings is 1. The SMILES string of the molecule is C[C](C)C(=O)N[C@H](C(=O)N1CCNC[C@H]1C(=O)NC1CCCc2ccccc21)C(C)C. The van der Waals surface area contributed by atoms with Gasteiger partial charge in [0, 0.05) is 19.6 Å². The van der Waals surface area contributed by atoms with Gasteiger partial charge in [0.15, 0.2) is 0 Å². The van der Waals surface area contributed by atoms with E-state index in [1.165, 1.54) is 11.1 Å². The fourth-order valence-corrected chi connectivity index (χ4v) is 4.35. The second-order valence-corrected chi connectivity index (χ2v) is 9.10. The number of nitrogens with one attached hydrogen (secondary N) is 3. The minimum Gasteiger partial charge on any atom is -0.347 e. The fourth-order valence-electron chi connectivity index (χ4n) is 4.35. The van der Waals surface area contributed by atoms with E-state index in [2.05, 4.69) is 28.1 Å². The quantitative estimate of drug-likeness (QED) is 0.645. The number of carbonyl (C=O) groups excluding carboxylic acids is 3. The summed E-state index contributed by atoms with van der Waals surface area (Å²) in [5, 5.41) is 9.28. The molecule has 0 saturated carbocycles. The van der Waals surface area contributed by atoms with E-state index in [1.807, 2.05) is 26.0 Å². The normalized spacial score (nSPS) is 22.1. The summed E-state index contributed by atoms with van der Waals surface area (Å²) in [5.41, 5.74) is 2.45. The van der Waals surface area contributed by atoms with Crippen molar-refractivity contribution >= 4 is 17.7 Å². The second kappa shape index (κ2) is 10.3. The molecule has 7 heteroatoms. The zero-order valence-corrected chi connectivity index (χ0v) is 19.0. The van der Waals surface area contributed by atoms with Crippen molar-refractivity contribution in [2.45, 2.75) is 65.1 Å². The highest BCUT2D eigenvalue weighted by atomic mass is 16.2. The largest absolute Gasteiger partial charge is 0.347 e. The summed E-state index contributed by atoms with van der Waals surface area (Å²) in [7, 11) is 0. The Morgan fingerprint density at radius 3 is 2.61 bits per heavy atom.